The molecule has 0 aliphatic carbocycles. The second-order valence-electron chi connectivity index (χ2n) is 6.39. The third kappa shape index (κ3) is 6.09. The first-order valence-corrected chi connectivity index (χ1v) is 9.36. The summed E-state index contributed by atoms with van der Waals surface area (Å²) in [6.07, 6.45) is -4.16. The number of hydrogen-bond donors (Lipinski definition) is 1. The van der Waals surface area contributed by atoms with Gasteiger partial charge >= 0.3 is 6.18 Å². The van der Waals surface area contributed by atoms with Gasteiger partial charge in [-0.1, -0.05) is 35.0 Å². The second kappa shape index (κ2) is 9.98. The molecular weight excluding hydrogens is 494 g/mol. The van der Waals surface area contributed by atoms with Crippen LogP contribution in [0.25, 0.3) is 5.32 Å². The number of rotatable bonds is 5. The van der Waals surface area contributed by atoms with Gasteiger partial charge in [0.1, 0.15) is 0 Å². The Balaban J connectivity index is 0.00000320. The van der Waals surface area contributed by atoms with E-state index in [0.717, 1.165) is 23.9 Å². The third-order valence-electron chi connectivity index (χ3n) is 4.28. The molecule has 3 rings (SSSR count). The van der Waals surface area contributed by atoms with E-state index in [0.29, 0.717) is 16.7 Å². The summed E-state index contributed by atoms with van der Waals surface area (Å²) in [5.74, 6) is -0.935. The summed E-state index contributed by atoms with van der Waals surface area (Å²) in [6.45, 7) is 3.72. The van der Waals surface area contributed by atoms with E-state index in [-0.39, 0.29) is 57.1 Å². The summed E-state index contributed by atoms with van der Waals surface area (Å²) in [5.41, 5.74) is 1.05. The number of thioether (sulfide) groups is 1. The molecule has 2 aromatic rings. The zero-order valence-corrected chi connectivity index (χ0v) is 19.2. The van der Waals surface area contributed by atoms with Crippen LogP contribution >= 0.6 is 11.8 Å². The van der Waals surface area contributed by atoms with Gasteiger partial charge in [-0.25, -0.2) is 0 Å². The van der Waals surface area contributed by atoms with Gasteiger partial charge in [-0.2, -0.15) is 31.7 Å². The summed E-state index contributed by atoms with van der Waals surface area (Å²) in [7, 11) is 0. The largest absolute Gasteiger partial charge is 0.657 e. The molecule has 2 aromatic carbocycles. The first kappa shape index (κ1) is 24.4. The number of benzene rings is 2. The quantitative estimate of drug-likeness (QED) is 0.603. The number of imide groups is 1. The van der Waals surface area contributed by atoms with Crippen molar-refractivity contribution in [3.63, 3.8) is 0 Å². The van der Waals surface area contributed by atoms with Gasteiger partial charge in [0, 0.05) is 38.6 Å². The fourth-order valence-electron chi connectivity index (χ4n) is 2.74. The van der Waals surface area contributed by atoms with Crippen molar-refractivity contribution in [2.75, 3.05) is 0 Å². The molecule has 0 aromatic heterocycles. The van der Waals surface area contributed by atoms with Crippen molar-refractivity contribution in [1.82, 2.24) is 5.32 Å². The minimum Gasteiger partial charge on any atom is -0.657 e. The number of carbonyl (C=O) groups excluding carboxylic acids is 3. The Labute approximate surface area is 200 Å². The van der Waals surface area contributed by atoms with Crippen molar-refractivity contribution in [3.8, 4) is 0 Å². The van der Waals surface area contributed by atoms with E-state index in [2.05, 4.69) is 17.6 Å². The molecule has 155 valence electrons. The van der Waals surface area contributed by atoms with Crippen LogP contribution in [0.5, 0.6) is 0 Å². The van der Waals surface area contributed by atoms with Crippen LogP contribution in [0.1, 0.15) is 32.6 Å². The molecule has 1 fully saturated rings. The number of nitrogens with zero attached hydrogens (tertiary/aromatic N) is 1. The molecule has 3 amide bonds. The van der Waals surface area contributed by atoms with E-state index in [1.165, 1.54) is 12.1 Å². The van der Waals surface area contributed by atoms with Gasteiger partial charge < -0.3 is 10.1 Å². The van der Waals surface area contributed by atoms with Crippen LogP contribution < -0.4 is 5.32 Å². The van der Waals surface area contributed by atoms with E-state index >= 15 is 0 Å². The van der Waals surface area contributed by atoms with Crippen molar-refractivity contribution in [2.45, 2.75) is 24.4 Å². The standard InChI is InChI=1S/C20H16F3N2O3S.Y/c1-11-2-3-13(9-16-18(27)25-19(28)29-16)8-15(11)17(26)24-10-12-4-6-14(7-5-12)20(21,22)23;/h2-8,16H,1,9-10H2,(H2,24,25,26,27,28);/q-1;/p-1. The number of hydrogen-bond acceptors (Lipinski definition) is 4. The monoisotopic (exact) mass is 509 g/mol. The maximum absolute atomic E-state index is 12.6. The van der Waals surface area contributed by atoms with Crippen LogP contribution in [-0.4, -0.2) is 22.3 Å². The van der Waals surface area contributed by atoms with E-state index in [1.807, 2.05) is 0 Å². The van der Waals surface area contributed by atoms with E-state index < -0.39 is 28.1 Å². The SMILES string of the molecule is [CH2-]c1ccc(CC2SC(=O)NC2=O)cc1C(=O)[N-]Cc1ccc(C(F)(F)F)cc1.[Y]. The van der Waals surface area contributed by atoms with Gasteiger partial charge in [0.25, 0.3) is 5.24 Å². The second-order valence-corrected chi connectivity index (χ2v) is 7.57. The summed E-state index contributed by atoms with van der Waals surface area (Å²) < 4.78 is 37.8. The fraction of sp³-hybridized carbons (Fsp3) is 0.200. The molecule has 1 aliphatic rings. The van der Waals surface area contributed by atoms with Crippen molar-refractivity contribution < 1.29 is 60.3 Å². The Kier molecular flexibility index (Phi) is 8.13. The summed E-state index contributed by atoms with van der Waals surface area (Å²) >= 11 is 0.894. The van der Waals surface area contributed by atoms with Gasteiger partial charge in [-0.05, 0) is 18.6 Å². The smallest absolute Gasteiger partial charge is 0.416 e. The molecule has 1 atom stereocenters. The predicted octanol–water partition coefficient (Wildman–Crippen LogP) is 4.49. The molecule has 1 N–H and O–H groups in total. The first-order chi connectivity index (χ1) is 13.6. The Morgan fingerprint density at radius 3 is 2.30 bits per heavy atom. The average Bonchev–Trinajstić information content (AvgIpc) is 2.97. The van der Waals surface area contributed by atoms with Crippen LogP contribution in [0.2, 0.25) is 0 Å². The molecular formula is C20H15F3N2O3SY-2. The van der Waals surface area contributed by atoms with Gasteiger partial charge in [0.05, 0.1) is 10.8 Å². The molecule has 1 aliphatic heterocycles. The Hall–Kier alpha value is -1.84. The molecule has 1 radical (unpaired) electrons. The average molecular weight is 509 g/mol. The summed E-state index contributed by atoms with van der Waals surface area (Å²) in [4.78, 5) is 35.4. The number of nitrogens with one attached hydrogen (secondary N) is 1. The number of alkyl halides is 3. The van der Waals surface area contributed by atoms with Crippen LogP contribution in [0, 0.1) is 6.92 Å². The van der Waals surface area contributed by atoms with Crippen molar-refractivity contribution >= 4 is 28.8 Å². The summed E-state index contributed by atoms with van der Waals surface area (Å²) in [6, 6.07) is 9.32. The van der Waals surface area contributed by atoms with Crippen LogP contribution in [0.4, 0.5) is 18.0 Å². The van der Waals surface area contributed by atoms with Gasteiger partial charge in [0.2, 0.25) is 5.91 Å². The maximum atomic E-state index is 12.6. The zero-order valence-electron chi connectivity index (χ0n) is 15.5. The Morgan fingerprint density at radius 2 is 1.73 bits per heavy atom. The van der Waals surface area contributed by atoms with Gasteiger partial charge in [-0.3, -0.25) is 14.9 Å². The third-order valence-corrected chi connectivity index (χ3v) is 5.26. The molecule has 1 heterocycles. The topological polar surface area (TPSA) is 77.3 Å². The van der Waals surface area contributed by atoms with Crippen LogP contribution in [0.15, 0.2) is 42.5 Å². The van der Waals surface area contributed by atoms with E-state index in [9.17, 15) is 27.6 Å². The number of amides is 3. The predicted molar refractivity (Wildman–Crippen MR) is 102 cm³/mol. The molecule has 30 heavy (non-hydrogen) atoms. The maximum Gasteiger partial charge on any atom is 0.416 e. The molecule has 0 saturated carbocycles. The molecule has 1 unspecified atom stereocenters. The molecule has 0 spiro atoms. The Morgan fingerprint density at radius 1 is 1.10 bits per heavy atom. The fourth-order valence-corrected chi connectivity index (χ4v) is 3.60. The molecule has 10 heteroatoms. The van der Waals surface area contributed by atoms with Gasteiger partial charge in [0.15, 0.2) is 0 Å². The van der Waals surface area contributed by atoms with E-state index in [4.69, 9.17) is 0 Å². The number of halogens is 3. The number of carbonyl (C=O) groups is 3. The van der Waals surface area contributed by atoms with Crippen LogP contribution in [0.3, 0.4) is 0 Å². The summed E-state index contributed by atoms with van der Waals surface area (Å²) in [5, 5.41) is 5.15. The van der Waals surface area contributed by atoms with Crippen molar-refractivity contribution in [2.24, 2.45) is 0 Å². The van der Waals surface area contributed by atoms with Crippen molar-refractivity contribution in [3.05, 3.63) is 82.5 Å². The van der Waals surface area contributed by atoms with Crippen LogP contribution in [-0.2, 0) is 56.6 Å². The van der Waals surface area contributed by atoms with E-state index in [1.54, 1.807) is 18.2 Å². The minimum absolute atomic E-state index is 0. The Bertz CT molecular complexity index is 965. The molecule has 5 nitrogen and oxygen atoms in total. The van der Waals surface area contributed by atoms with Crippen molar-refractivity contribution in [1.29, 1.82) is 0 Å². The van der Waals surface area contributed by atoms with Gasteiger partial charge in [-0.15, -0.1) is 24.2 Å². The molecule has 0 bridgehead atoms. The minimum atomic E-state index is -4.42. The normalized spacial score (nSPS) is 16.0. The first-order valence-electron chi connectivity index (χ1n) is 8.48. The molecule has 1 saturated heterocycles. The zero-order chi connectivity index (χ0) is 21.2.